The number of halogens is 1. The summed E-state index contributed by atoms with van der Waals surface area (Å²) in [6, 6.07) is 17.9. The molecular weight excluding hydrogens is 404 g/mol. The number of nitrogens with one attached hydrogen (secondary N) is 1. The number of nitrogens with zero attached hydrogens (tertiary/aromatic N) is 1. The van der Waals surface area contributed by atoms with Crippen LogP contribution in [0.2, 0.25) is 5.02 Å². The SMILES string of the molecule is O=C(Cn1c2ccccc2c(=O)c2ccccc21)Nc1cc2c(cc1Cl)OCCO2. The topological polar surface area (TPSA) is 69.6 Å². The van der Waals surface area contributed by atoms with Gasteiger partial charge in [-0.2, -0.15) is 0 Å². The lowest BCUT2D eigenvalue weighted by molar-refractivity contribution is -0.116. The lowest BCUT2D eigenvalue weighted by atomic mass is 10.1. The molecule has 4 aromatic rings. The van der Waals surface area contributed by atoms with Gasteiger partial charge in [-0.15, -0.1) is 0 Å². The van der Waals surface area contributed by atoms with Crippen molar-refractivity contribution >= 4 is 45.0 Å². The fourth-order valence-corrected chi connectivity index (χ4v) is 3.94. The number of amides is 1. The Hall–Kier alpha value is -3.51. The number of fused-ring (bicyclic) bond motifs is 3. The number of aromatic nitrogens is 1. The Kier molecular flexibility index (Phi) is 4.56. The van der Waals surface area contributed by atoms with E-state index in [1.165, 1.54) is 0 Å². The molecule has 0 saturated carbocycles. The van der Waals surface area contributed by atoms with Crippen LogP contribution >= 0.6 is 11.6 Å². The van der Waals surface area contributed by atoms with Gasteiger partial charge in [0.1, 0.15) is 19.8 Å². The first-order valence-corrected chi connectivity index (χ1v) is 9.89. The lowest BCUT2D eigenvalue weighted by Gasteiger charge is -2.20. The van der Waals surface area contributed by atoms with E-state index in [1.54, 1.807) is 24.3 Å². The second-order valence-corrected chi connectivity index (χ2v) is 7.38. The normalized spacial score (nSPS) is 12.8. The second kappa shape index (κ2) is 7.39. The summed E-state index contributed by atoms with van der Waals surface area (Å²) in [6.07, 6.45) is 0. The molecule has 0 unspecified atom stereocenters. The summed E-state index contributed by atoms with van der Waals surface area (Å²) in [5.74, 6) is 0.828. The highest BCUT2D eigenvalue weighted by molar-refractivity contribution is 6.34. The molecule has 0 aliphatic carbocycles. The Morgan fingerprint density at radius 3 is 2.13 bits per heavy atom. The quantitative estimate of drug-likeness (QED) is 0.504. The molecule has 1 aromatic heterocycles. The average molecular weight is 421 g/mol. The molecule has 2 heterocycles. The van der Waals surface area contributed by atoms with Crippen LogP contribution < -0.4 is 20.2 Å². The molecular formula is C23H17ClN2O4. The van der Waals surface area contributed by atoms with Crippen LogP contribution in [0.25, 0.3) is 21.8 Å². The first kappa shape index (κ1) is 18.5. The molecule has 0 spiro atoms. The van der Waals surface area contributed by atoms with Gasteiger partial charge in [-0.25, -0.2) is 0 Å². The van der Waals surface area contributed by atoms with Crippen LogP contribution in [-0.2, 0) is 11.3 Å². The van der Waals surface area contributed by atoms with Crippen molar-refractivity contribution in [1.29, 1.82) is 0 Å². The number of ether oxygens (including phenoxy) is 2. The first-order chi connectivity index (χ1) is 14.6. The van der Waals surface area contributed by atoms with Gasteiger partial charge in [0.15, 0.2) is 16.9 Å². The van der Waals surface area contributed by atoms with Crippen molar-refractivity contribution in [3.05, 3.63) is 75.9 Å². The van der Waals surface area contributed by atoms with Gasteiger partial charge in [0.25, 0.3) is 0 Å². The van der Waals surface area contributed by atoms with Crippen molar-refractivity contribution in [1.82, 2.24) is 4.57 Å². The largest absolute Gasteiger partial charge is 0.486 e. The maximum atomic E-state index is 12.9. The molecule has 150 valence electrons. The minimum Gasteiger partial charge on any atom is -0.486 e. The number of carbonyl (C=O) groups is 1. The summed E-state index contributed by atoms with van der Waals surface area (Å²) >= 11 is 6.32. The fraction of sp³-hybridized carbons (Fsp3) is 0.130. The van der Waals surface area contributed by atoms with E-state index in [0.717, 1.165) is 0 Å². The van der Waals surface area contributed by atoms with Gasteiger partial charge in [0.05, 0.1) is 21.7 Å². The highest BCUT2D eigenvalue weighted by Gasteiger charge is 2.18. The minimum absolute atomic E-state index is 0.0199. The van der Waals surface area contributed by atoms with E-state index in [4.69, 9.17) is 21.1 Å². The van der Waals surface area contributed by atoms with E-state index >= 15 is 0 Å². The van der Waals surface area contributed by atoms with Gasteiger partial charge in [0.2, 0.25) is 5.91 Å². The van der Waals surface area contributed by atoms with Crippen LogP contribution in [0.1, 0.15) is 0 Å². The van der Waals surface area contributed by atoms with E-state index in [-0.39, 0.29) is 17.9 Å². The van der Waals surface area contributed by atoms with E-state index < -0.39 is 0 Å². The number of para-hydroxylation sites is 2. The third kappa shape index (κ3) is 3.15. The standard InChI is InChI=1S/C23H17ClN2O4/c24-16-11-20-21(30-10-9-29-20)12-17(16)25-22(27)13-26-18-7-3-1-5-14(18)23(28)15-6-2-4-8-19(15)26/h1-8,11-12H,9-10,13H2,(H,25,27). The van der Waals surface area contributed by atoms with Crippen LogP contribution in [0.3, 0.4) is 0 Å². The van der Waals surface area contributed by atoms with E-state index in [1.807, 2.05) is 41.0 Å². The summed E-state index contributed by atoms with van der Waals surface area (Å²) in [4.78, 5) is 25.8. The van der Waals surface area contributed by atoms with Crippen LogP contribution in [0, 0.1) is 0 Å². The highest BCUT2D eigenvalue weighted by Crippen LogP contribution is 2.38. The highest BCUT2D eigenvalue weighted by atomic mass is 35.5. The molecule has 0 radical (unpaired) electrons. The van der Waals surface area contributed by atoms with E-state index in [0.29, 0.717) is 57.2 Å². The Labute approximate surface area is 176 Å². The number of carbonyl (C=O) groups excluding carboxylic acids is 1. The van der Waals surface area contributed by atoms with Gasteiger partial charge in [-0.1, -0.05) is 35.9 Å². The van der Waals surface area contributed by atoms with Gasteiger partial charge >= 0.3 is 0 Å². The zero-order valence-electron chi connectivity index (χ0n) is 15.9. The van der Waals surface area contributed by atoms with Gasteiger partial charge in [0, 0.05) is 22.9 Å². The smallest absolute Gasteiger partial charge is 0.244 e. The van der Waals surface area contributed by atoms with Gasteiger partial charge < -0.3 is 19.4 Å². The molecule has 5 rings (SSSR count). The van der Waals surface area contributed by atoms with Crippen LogP contribution in [0.5, 0.6) is 11.5 Å². The Bertz CT molecular complexity index is 1300. The zero-order chi connectivity index (χ0) is 20.7. The predicted molar refractivity (Wildman–Crippen MR) is 117 cm³/mol. The summed E-state index contributed by atoms with van der Waals surface area (Å²) < 4.78 is 12.9. The minimum atomic E-state index is -0.271. The summed E-state index contributed by atoms with van der Waals surface area (Å²) in [5, 5.41) is 4.35. The van der Waals surface area contributed by atoms with Crippen molar-refractivity contribution in [2.45, 2.75) is 6.54 Å². The van der Waals surface area contributed by atoms with Crippen LogP contribution in [-0.4, -0.2) is 23.7 Å². The van der Waals surface area contributed by atoms with Crippen LogP contribution in [0.4, 0.5) is 5.69 Å². The molecule has 0 fully saturated rings. The molecule has 6 nitrogen and oxygen atoms in total. The average Bonchev–Trinajstić information content (AvgIpc) is 2.77. The summed E-state index contributed by atoms with van der Waals surface area (Å²) in [7, 11) is 0. The Balaban J connectivity index is 1.54. The van der Waals surface area contributed by atoms with E-state index in [9.17, 15) is 9.59 Å². The molecule has 7 heteroatoms. The monoisotopic (exact) mass is 420 g/mol. The number of anilines is 1. The first-order valence-electron chi connectivity index (χ1n) is 9.51. The van der Waals surface area contributed by atoms with Crippen LogP contribution in [0.15, 0.2) is 65.5 Å². The number of benzene rings is 3. The molecule has 3 aromatic carbocycles. The van der Waals surface area contributed by atoms with E-state index in [2.05, 4.69) is 5.32 Å². The molecule has 0 atom stereocenters. The second-order valence-electron chi connectivity index (χ2n) is 6.97. The number of rotatable bonds is 3. The third-order valence-corrected chi connectivity index (χ3v) is 5.40. The molecule has 30 heavy (non-hydrogen) atoms. The third-order valence-electron chi connectivity index (χ3n) is 5.09. The molecule has 1 N–H and O–H groups in total. The molecule has 0 bridgehead atoms. The van der Waals surface area contributed by atoms with Crippen molar-refractivity contribution in [3.8, 4) is 11.5 Å². The zero-order valence-corrected chi connectivity index (χ0v) is 16.6. The van der Waals surface area contributed by atoms with Crippen molar-refractivity contribution in [2.75, 3.05) is 18.5 Å². The molecule has 1 amide bonds. The van der Waals surface area contributed by atoms with Gasteiger partial charge in [-0.3, -0.25) is 9.59 Å². The van der Waals surface area contributed by atoms with Gasteiger partial charge in [-0.05, 0) is 24.3 Å². The van der Waals surface area contributed by atoms with Crippen molar-refractivity contribution in [3.63, 3.8) is 0 Å². The van der Waals surface area contributed by atoms with Crippen molar-refractivity contribution in [2.24, 2.45) is 0 Å². The summed E-state index contributed by atoms with van der Waals surface area (Å²) in [5.41, 5.74) is 1.79. The number of hydrogen-bond donors (Lipinski definition) is 1. The van der Waals surface area contributed by atoms with Crippen molar-refractivity contribution < 1.29 is 14.3 Å². The molecule has 1 aliphatic heterocycles. The predicted octanol–water partition coefficient (Wildman–Crippen LogP) is 4.22. The number of pyridine rings is 1. The maximum Gasteiger partial charge on any atom is 0.244 e. The summed E-state index contributed by atoms with van der Waals surface area (Å²) in [6.45, 7) is 0.922. The molecule has 0 saturated heterocycles. The lowest BCUT2D eigenvalue weighted by Crippen LogP contribution is -2.22. The molecule has 1 aliphatic rings. The fourth-order valence-electron chi connectivity index (χ4n) is 3.74. The maximum absolute atomic E-state index is 12.9. The Morgan fingerprint density at radius 2 is 1.50 bits per heavy atom. The Morgan fingerprint density at radius 1 is 0.933 bits per heavy atom. The number of hydrogen-bond acceptors (Lipinski definition) is 4.